The zero-order valence-corrected chi connectivity index (χ0v) is 21.1. The van der Waals surface area contributed by atoms with Crippen LogP contribution in [0.25, 0.3) is 11.3 Å². The maximum atomic E-state index is 12.9. The first-order valence-corrected chi connectivity index (χ1v) is 12.8. The highest BCUT2D eigenvalue weighted by molar-refractivity contribution is 5.96. The van der Waals surface area contributed by atoms with Crippen LogP contribution in [0.5, 0.6) is 0 Å². The maximum absolute atomic E-state index is 12.9. The molecule has 0 aliphatic heterocycles. The summed E-state index contributed by atoms with van der Waals surface area (Å²) in [6.45, 7) is 3.71. The minimum Gasteiger partial charge on any atom is -0.481 e. The Morgan fingerprint density at radius 1 is 1.06 bits per heavy atom. The van der Waals surface area contributed by atoms with Crippen LogP contribution in [0.3, 0.4) is 0 Å². The van der Waals surface area contributed by atoms with Crippen LogP contribution in [0.15, 0.2) is 18.3 Å². The molecule has 2 heterocycles. The highest BCUT2D eigenvalue weighted by atomic mass is 16.6. The number of aliphatic carboxylic acids is 1. The van der Waals surface area contributed by atoms with E-state index in [0.29, 0.717) is 47.2 Å². The Hall–Kier alpha value is -3.43. The molecular formula is C26H35N5O5. The Morgan fingerprint density at radius 3 is 2.39 bits per heavy atom. The van der Waals surface area contributed by atoms with Gasteiger partial charge in [-0.3, -0.25) is 24.6 Å². The van der Waals surface area contributed by atoms with Crippen molar-refractivity contribution in [1.29, 1.82) is 0 Å². The number of rotatable bonds is 7. The first-order valence-electron chi connectivity index (χ1n) is 12.8. The molecule has 36 heavy (non-hydrogen) atoms. The van der Waals surface area contributed by atoms with Crippen molar-refractivity contribution in [3.63, 3.8) is 0 Å². The summed E-state index contributed by atoms with van der Waals surface area (Å²) in [5.74, 6) is -1.56. The molecule has 2 amide bonds. The van der Waals surface area contributed by atoms with Gasteiger partial charge in [0, 0.05) is 7.05 Å². The maximum Gasteiger partial charge on any atom is 0.413 e. The number of aromatic nitrogens is 3. The molecule has 2 aromatic rings. The summed E-state index contributed by atoms with van der Waals surface area (Å²) in [5.41, 5.74) is 2.32. The highest BCUT2D eigenvalue weighted by Crippen LogP contribution is 2.33. The van der Waals surface area contributed by atoms with Crippen molar-refractivity contribution >= 4 is 29.5 Å². The van der Waals surface area contributed by atoms with Crippen molar-refractivity contribution in [1.82, 2.24) is 14.8 Å². The van der Waals surface area contributed by atoms with Crippen LogP contribution >= 0.6 is 0 Å². The third-order valence-corrected chi connectivity index (χ3v) is 7.56. The number of amides is 2. The summed E-state index contributed by atoms with van der Waals surface area (Å²) in [7, 11) is 1.73. The number of hydrogen-bond donors (Lipinski definition) is 3. The van der Waals surface area contributed by atoms with E-state index in [9.17, 15) is 19.5 Å². The lowest BCUT2D eigenvalue weighted by Gasteiger charge is -2.27. The second kappa shape index (κ2) is 11.1. The van der Waals surface area contributed by atoms with Crippen molar-refractivity contribution in [2.45, 2.75) is 71.3 Å². The molecule has 10 nitrogen and oxygen atoms in total. The predicted molar refractivity (Wildman–Crippen MR) is 134 cm³/mol. The SMILES string of the molecule is Cc1nc(-c2cnn(C)c2NC(=O)OC(C)C2CCCC2)ccc1NC(=O)[C@H]1CCCC[C@@H]1C(=O)O. The van der Waals surface area contributed by atoms with Crippen molar-refractivity contribution in [2.75, 3.05) is 10.6 Å². The lowest BCUT2D eigenvalue weighted by atomic mass is 9.78. The number of pyridine rings is 1. The number of carboxylic acids is 1. The Labute approximate surface area is 210 Å². The predicted octanol–water partition coefficient (Wildman–Crippen LogP) is 4.75. The smallest absolute Gasteiger partial charge is 0.413 e. The van der Waals surface area contributed by atoms with Crippen LogP contribution in [-0.4, -0.2) is 43.9 Å². The molecule has 0 radical (unpaired) electrons. The van der Waals surface area contributed by atoms with E-state index in [1.165, 1.54) is 12.8 Å². The molecule has 2 aromatic heterocycles. The quantitative estimate of drug-likeness (QED) is 0.502. The number of anilines is 2. The summed E-state index contributed by atoms with van der Waals surface area (Å²) in [4.78, 5) is 41.7. The summed E-state index contributed by atoms with van der Waals surface area (Å²) in [6, 6.07) is 3.48. The second-order valence-electron chi connectivity index (χ2n) is 9.96. The lowest BCUT2D eigenvalue weighted by Crippen LogP contribution is -2.36. The molecular weight excluding hydrogens is 462 g/mol. The zero-order chi connectivity index (χ0) is 25.8. The second-order valence-corrected chi connectivity index (χ2v) is 9.96. The Morgan fingerprint density at radius 2 is 1.72 bits per heavy atom. The number of carbonyl (C=O) groups is 3. The molecule has 0 saturated heterocycles. The van der Waals surface area contributed by atoms with Crippen LogP contribution in [-0.2, 0) is 21.4 Å². The number of nitrogens with zero attached hydrogens (tertiary/aromatic N) is 3. The van der Waals surface area contributed by atoms with Crippen LogP contribution in [0, 0.1) is 24.7 Å². The monoisotopic (exact) mass is 497 g/mol. The van der Waals surface area contributed by atoms with Gasteiger partial charge in [-0.2, -0.15) is 5.10 Å². The molecule has 194 valence electrons. The lowest BCUT2D eigenvalue weighted by molar-refractivity contribution is -0.147. The number of ether oxygens (including phenoxy) is 1. The molecule has 0 bridgehead atoms. The third-order valence-electron chi connectivity index (χ3n) is 7.56. The van der Waals surface area contributed by atoms with Crippen molar-refractivity contribution < 1.29 is 24.2 Å². The topological polar surface area (TPSA) is 135 Å². The van der Waals surface area contributed by atoms with E-state index in [1.807, 2.05) is 6.92 Å². The van der Waals surface area contributed by atoms with Gasteiger partial charge in [-0.05, 0) is 57.6 Å². The average Bonchev–Trinajstić information content (AvgIpc) is 3.51. The summed E-state index contributed by atoms with van der Waals surface area (Å²) in [5, 5.41) is 19.4. The van der Waals surface area contributed by atoms with Gasteiger partial charge in [0.25, 0.3) is 0 Å². The van der Waals surface area contributed by atoms with Gasteiger partial charge in [-0.25, -0.2) is 4.79 Å². The van der Waals surface area contributed by atoms with Crippen LogP contribution in [0.4, 0.5) is 16.3 Å². The molecule has 0 aromatic carbocycles. The van der Waals surface area contributed by atoms with E-state index in [-0.39, 0.29) is 12.0 Å². The minimum atomic E-state index is -0.923. The Bertz CT molecular complexity index is 1120. The van der Waals surface area contributed by atoms with Gasteiger partial charge in [0.1, 0.15) is 11.9 Å². The normalized spacial score (nSPS) is 21.1. The molecule has 3 N–H and O–H groups in total. The summed E-state index contributed by atoms with van der Waals surface area (Å²) in [6.07, 6.45) is 8.19. The average molecular weight is 498 g/mol. The van der Waals surface area contributed by atoms with E-state index < -0.39 is 23.9 Å². The number of aryl methyl sites for hydroxylation is 2. The first kappa shape index (κ1) is 25.7. The van der Waals surface area contributed by atoms with E-state index in [0.717, 1.165) is 25.7 Å². The Balaban J connectivity index is 1.45. The molecule has 10 heteroatoms. The number of nitrogens with one attached hydrogen (secondary N) is 2. The fraction of sp³-hybridized carbons (Fsp3) is 0.577. The first-order chi connectivity index (χ1) is 17.2. The van der Waals surface area contributed by atoms with E-state index in [2.05, 4.69) is 20.7 Å². The van der Waals surface area contributed by atoms with E-state index in [4.69, 9.17) is 4.74 Å². The molecule has 2 saturated carbocycles. The van der Waals surface area contributed by atoms with Crippen LogP contribution < -0.4 is 10.6 Å². The number of hydrogen-bond acceptors (Lipinski definition) is 6. The van der Waals surface area contributed by atoms with Gasteiger partial charge >= 0.3 is 12.1 Å². The van der Waals surface area contributed by atoms with Gasteiger partial charge in [-0.1, -0.05) is 25.7 Å². The molecule has 3 atom stereocenters. The molecule has 2 aliphatic carbocycles. The third kappa shape index (κ3) is 5.68. The minimum absolute atomic E-state index is 0.155. The molecule has 4 rings (SSSR count). The summed E-state index contributed by atoms with van der Waals surface area (Å²) >= 11 is 0. The van der Waals surface area contributed by atoms with Gasteiger partial charge < -0.3 is 15.2 Å². The highest BCUT2D eigenvalue weighted by Gasteiger charge is 2.36. The molecule has 0 spiro atoms. The number of carbonyl (C=O) groups excluding carboxylic acids is 2. The van der Waals surface area contributed by atoms with E-state index >= 15 is 0 Å². The molecule has 2 fully saturated rings. The van der Waals surface area contributed by atoms with Gasteiger partial charge in [0.15, 0.2) is 0 Å². The fourth-order valence-electron chi connectivity index (χ4n) is 5.40. The summed E-state index contributed by atoms with van der Waals surface area (Å²) < 4.78 is 7.18. The molecule has 2 aliphatic rings. The fourth-order valence-corrected chi connectivity index (χ4v) is 5.40. The zero-order valence-electron chi connectivity index (χ0n) is 21.1. The van der Waals surface area contributed by atoms with E-state index in [1.54, 1.807) is 37.0 Å². The van der Waals surface area contributed by atoms with Crippen molar-refractivity contribution in [2.24, 2.45) is 24.8 Å². The largest absolute Gasteiger partial charge is 0.481 e. The van der Waals surface area contributed by atoms with Gasteiger partial charge in [-0.15, -0.1) is 0 Å². The van der Waals surface area contributed by atoms with Crippen LogP contribution in [0.1, 0.15) is 64.0 Å². The Kier molecular flexibility index (Phi) is 7.91. The molecule has 1 unspecified atom stereocenters. The van der Waals surface area contributed by atoms with Gasteiger partial charge in [0.05, 0.1) is 40.7 Å². The van der Waals surface area contributed by atoms with Crippen molar-refractivity contribution in [3.8, 4) is 11.3 Å². The standard InChI is InChI=1S/C26H35N5O5/c1-15-21(29-24(32)18-10-6-7-11-19(18)25(33)34)12-13-22(28-15)20-14-27-31(3)23(20)30-26(35)36-16(2)17-8-4-5-9-17/h12-14,16-19H,4-11H2,1-3H3,(H,29,32)(H,30,35)(H,33,34)/t16?,18-,19-/m0/s1. The number of carboxylic acid groups (broad SMARTS) is 1. The van der Waals surface area contributed by atoms with Crippen LogP contribution in [0.2, 0.25) is 0 Å². The van der Waals surface area contributed by atoms with Crippen molar-refractivity contribution in [3.05, 3.63) is 24.0 Å². The van der Waals surface area contributed by atoms with Gasteiger partial charge in [0.2, 0.25) is 5.91 Å².